The Bertz CT molecular complexity index is 784. The number of nitrogens with zero attached hydrogens (tertiary/aromatic N) is 1. The van der Waals surface area contributed by atoms with Crippen molar-refractivity contribution in [3.05, 3.63) is 35.4 Å². The van der Waals surface area contributed by atoms with Crippen LogP contribution >= 0.6 is 0 Å². The molecule has 1 saturated carbocycles. The lowest BCUT2D eigenvalue weighted by molar-refractivity contribution is -0.137. The van der Waals surface area contributed by atoms with Gasteiger partial charge in [-0.1, -0.05) is 24.3 Å². The largest absolute Gasteiger partial charge is 0.480 e. The molecule has 1 saturated heterocycles. The molecule has 0 bridgehead atoms. The third kappa shape index (κ3) is 4.59. The van der Waals surface area contributed by atoms with E-state index in [4.69, 9.17) is 21.0 Å². The number of ether oxygens (including phenoxy) is 1. The van der Waals surface area contributed by atoms with Crippen molar-refractivity contribution in [1.82, 2.24) is 10.2 Å². The van der Waals surface area contributed by atoms with Crippen LogP contribution in [-0.4, -0.2) is 58.5 Å². The summed E-state index contributed by atoms with van der Waals surface area (Å²) in [6.45, 7) is -0.0789. The number of nitrogens with two attached hydrogens (primary N) is 1. The molecule has 1 aliphatic carbocycles. The van der Waals surface area contributed by atoms with Gasteiger partial charge in [-0.3, -0.25) is 19.9 Å². The number of amides is 2. The van der Waals surface area contributed by atoms with Crippen LogP contribution in [0, 0.1) is 5.41 Å². The first-order valence-electron chi connectivity index (χ1n) is 9.19. The molecule has 2 amide bonds. The molecule has 28 heavy (non-hydrogen) atoms. The Hall–Kier alpha value is -3.10. The number of carbonyl (C=O) groups excluding carboxylic acids is 2. The van der Waals surface area contributed by atoms with Gasteiger partial charge in [0, 0.05) is 11.6 Å². The highest BCUT2D eigenvalue weighted by molar-refractivity contribution is 5.95. The van der Waals surface area contributed by atoms with Crippen molar-refractivity contribution in [2.75, 3.05) is 13.1 Å². The molecule has 9 nitrogen and oxygen atoms in total. The topological polar surface area (TPSA) is 146 Å². The van der Waals surface area contributed by atoms with Crippen LogP contribution in [0.15, 0.2) is 24.3 Å². The van der Waals surface area contributed by atoms with Crippen molar-refractivity contribution in [1.29, 1.82) is 5.41 Å². The SMILES string of the molecule is N=C(N)c1ccc(CC(=O)NC2CCC3(CC2)CN(CC(=O)O)C(=O)O3)cc1. The maximum Gasteiger partial charge on any atom is 0.411 e. The number of carbonyl (C=O) groups is 3. The third-order valence-electron chi connectivity index (χ3n) is 5.26. The smallest absolute Gasteiger partial charge is 0.411 e. The van der Waals surface area contributed by atoms with Crippen LogP contribution in [-0.2, 0) is 20.7 Å². The molecule has 9 heteroatoms. The summed E-state index contributed by atoms with van der Waals surface area (Å²) in [4.78, 5) is 36.2. The summed E-state index contributed by atoms with van der Waals surface area (Å²) in [5.74, 6) is -1.17. The lowest BCUT2D eigenvalue weighted by Gasteiger charge is -2.35. The van der Waals surface area contributed by atoms with Gasteiger partial charge in [-0.25, -0.2) is 4.79 Å². The molecule has 5 N–H and O–H groups in total. The fraction of sp³-hybridized carbons (Fsp3) is 0.474. The van der Waals surface area contributed by atoms with Crippen molar-refractivity contribution in [3.63, 3.8) is 0 Å². The van der Waals surface area contributed by atoms with Gasteiger partial charge in [0.05, 0.1) is 13.0 Å². The second-order valence-corrected chi connectivity index (χ2v) is 7.43. The summed E-state index contributed by atoms with van der Waals surface area (Å²) in [7, 11) is 0. The highest BCUT2D eigenvalue weighted by Gasteiger charge is 2.47. The summed E-state index contributed by atoms with van der Waals surface area (Å²) >= 11 is 0. The van der Waals surface area contributed by atoms with Gasteiger partial charge in [0.25, 0.3) is 0 Å². The molecular formula is C19H24N4O5. The minimum absolute atomic E-state index is 0.00171. The van der Waals surface area contributed by atoms with E-state index in [0.717, 1.165) is 5.56 Å². The van der Waals surface area contributed by atoms with Crippen LogP contribution in [0.2, 0.25) is 0 Å². The van der Waals surface area contributed by atoms with E-state index < -0.39 is 17.7 Å². The predicted octanol–water partition coefficient (Wildman–Crippen LogP) is 0.848. The van der Waals surface area contributed by atoms with Crippen molar-refractivity contribution >= 4 is 23.8 Å². The van der Waals surface area contributed by atoms with Gasteiger partial charge in [-0.05, 0) is 31.2 Å². The Morgan fingerprint density at radius 3 is 2.50 bits per heavy atom. The number of nitrogens with one attached hydrogen (secondary N) is 2. The summed E-state index contributed by atoms with van der Waals surface area (Å²) < 4.78 is 5.47. The molecule has 2 aliphatic rings. The average Bonchev–Trinajstić information content (AvgIpc) is 2.92. The van der Waals surface area contributed by atoms with E-state index in [-0.39, 0.29) is 37.3 Å². The zero-order valence-corrected chi connectivity index (χ0v) is 15.4. The van der Waals surface area contributed by atoms with Crippen LogP contribution < -0.4 is 11.1 Å². The Morgan fingerprint density at radius 1 is 1.29 bits per heavy atom. The van der Waals surface area contributed by atoms with Crippen LogP contribution in [0.1, 0.15) is 36.8 Å². The van der Waals surface area contributed by atoms with Crippen LogP contribution in [0.4, 0.5) is 4.79 Å². The molecule has 150 valence electrons. The minimum atomic E-state index is -1.06. The van der Waals surface area contributed by atoms with E-state index in [0.29, 0.717) is 31.2 Å². The maximum absolute atomic E-state index is 12.3. The molecule has 2 fully saturated rings. The number of hydrogen-bond donors (Lipinski definition) is 4. The molecule has 1 aromatic rings. The number of aliphatic carboxylic acids is 1. The quantitative estimate of drug-likeness (QED) is 0.420. The Morgan fingerprint density at radius 2 is 1.93 bits per heavy atom. The average molecular weight is 388 g/mol. The number of hydrogen-bond acceptors (Lipinski definition) is 5. The summed E-state index contributed by atoms with van der Waals surface area (Å²) in [6, 6.07) is 6.99. The van der Waals surface area contributed by atoms with Gasteiger partial charge in [0.1, 0.15) is 18.0 Å². The molecule has 0 atom stereocenters. The lowest BCUT2D eigenvalue weighted by atomic mass is 9.82. The molecule has 1 heterocycles. The molecule has 3 rings (SSSR count). The summed E-state index contributed by atoms with van der Waals surface area (Å²) in [6.07, 6.45) is 2.17. The van der Waals surface area contributed by atoms with E-state index in [1.54, 1.807) is 24.3 Å². The van der Waals surface area contributed by atoms with E-state index in [1.807, 2.05) is 0 Å². The summed E-state index contributed by atoms with van der Waals surface area (Å²) in [5, 5.41) is 19.3. The molecule has 1 aromatic carbocycles. The second-order valence-electron chi connectivity index (χ2n) is 7.43. The van der Waals surface area contributed by atoms with Crippen LogP contribution in [0.25, 0.3) is 0 Å². The van der Waals surface area contributed by atoms with Gasteiger partial charge in [-0.2, -0.15) is 0 Å². The third-order valence-corrected chi connectivity index (χ3v) is 5.26. The number of rotatable bonds is 6. The van der Waals surface area contributed by atoms with Gasteiger partial charge in [0.2, 0.25) is 5.91 Å². The normalized spacial score (nSPS) is 24.1. The van der Waals surface area contributed by atoms with E-state index >= 15 is 0 Å². The first-order chi connectivity index (χ1) is 13.3. The highest BCUT2D eigenvalue weighted by atomic mass is 16.6. The minimum Gasteiger partial charge on any atom is -0.480 e. The monoisotopic (exact) mass is 388 g/mol. The van der Waals surface area contributed by atoms with E-state index in [1.165, 1.54) is 4.90 Å². The highest BCUT2D eigenvalue weighted by Crippen LogP contribution is 2.37. The second kappa shape index (κ2) is 7.87. The number of nitrogen functional groups attached to an aromatic ring is 1. The first-order valence-corrected chi connectivity index (χ1v) is 9.19. The molecule has 1 spiro atoms. The number of amidine groups is 1. The zero-order valence-electron chi connectivity index (χ0n) is 15.4. The zero-order chi connectivity index (χ0) is 20.3. The van der Waals surface area contributed by atoms with Crippen molar-refractivity contribution in [3.8, 4) is 0 Å². The number of benzene rings is 1. The van der Waals surface area contributed by atoms with Crippen molar-refractivity contribution in [2.24, 2.45) is 5.73 Å². The van der Waals surface area contributed by atoms with Gasteiger partial charge in [-0.15, -0.1) is 0 Å². The molecule has 1 aliphatic heterocycles. The molecular weight excluding hydrogens is 364 g/mol. The van der Waals surface area contributed by atoms with Gasteiger partial charge in [0.15, 0.2) is 0 Å². The number of carboxylic acids is 1. The van der Waals surface area contributed by atoms with E-state index in [9.17, 15) is 14.4 Å². The fourth-order valence-corrected chi connectivity index (χ4v) is 3.79. The van der Waals surface area contributed by atoms with Crippen LogP contribution in [0.5, 0.6) is 0 Å². The lowest BCUT2D eigenvalue weighted by Crippen LogP contribution is -2.46. The van der Waals surface area contributed by atoms with E-state index in [2.05, 4.69) is 5.32 Å². The first kappa shape index (κ1) is 19.7. The standard InChI is InChI=1S/C19H24N4O5/c20-17(21)13-3-1-12(2-4-13)9-15(24)22-14-5-7-19(8-6-14)11-23(10-16(25)26)18(27)28-19/h1-4,14H,5-11H2,(H3,20,21)(H,22,24)(H,25,26). The maximum atomic E-state index is 12.3. The number of carboxylic acid groups (broad SMARTS) is 1. The molecule has 0 radical (unpaired) electrons. The Balaban J connectivity index is 1.47. The van der Waals surface area contributed by atoms with Crippen LogP contribution in [0.3, 0.4) is 0 Å². The summed E-state index contributed by atoms with van der Waals surface area (Å²) in [5.41, 5.74) is 6.23. The Kier molecular flexibility index (Phi) is 5.53. The van der Waals surface area contributed by atoms with Crippen molar-refractivity contribution in [2.45, 2.75) is 43.7 Å². The van der Waals surface area contributed by atoms with Gasteiger partial charge >= 0.3 is 12.1 Å². The van der Waals surface area contributed by atoms with Crippen molar-refractivity contribution < 1.29 is 24.2 Å². The molecule has 0 unspecified atom stereocenters. The molecule has 0 aromatic heterocycles. The Labute approximate surface area is 162 Å². The van der Waals surface area contributed by atoms with Gasteiger partial charge < -0.3 is 20.9 Å². The fourth-order valence-electron chi connectivity index (χ4n) is 3.79. The predicted molar refractivity (Wildman–Crippen MR) is 100.0 cm³/mol.